The quantitative estimate of drug-likeness (QED) is 0.748. The molecule has 1 saturated heterocycles. The number of rotatable bonds is 4. The molecule has 9 nitrogen and oxygen atoms in total. The summed E-state index contributed by atoms with van der Waals surface area (Å²) in [4.78, 5) is 13.9. The lowest BCUT2D eigenvalue weighted by molar-refractivity contribution is 0.0693. The van der Waals surface area contributed by atoms with Gasteiger partial charge in [0, 0.05) is 26.2 Å². The van der Waals surface area contributed by atoms with E-state index in [1.165, 1.54) is 6.07 Å². The van der Waals surface area contributed by atoms with E-state index in [0.29, 0.717) is 31.7 Å². The molecule has 0 radical (unpaired) electrons. The Hall–Kier alpha value is -2.30. The van der Waals surface area contributed by atoms with Gasteiger partial charge in [-0.05, 0) is 11.6 Å². The highest BCUT2D eigenvalue weighted by Crippen LogP contribution is 2.17. The molecule has 2 heterocycles. The molecule has 0 spiro atoms. The number of hydrogen-bond acceptors (Lipinski definition) is 7. The van der Waals surface area contributed by atoms with Crippen molar-refractivity contribution in [2.45, 2.75) is 11.3 Å². The number of nitrogens with two attached hydrogens (primary N) is 1. The summed E-state index contributed by atoms with van der Waals surface area (Å²) in [5.74, 6) is -0.264. The molecule has 0 saturated carbocycles. The Morgan fingerprint density at radius 3 is 2.67 bits per heavy atom. The highest BCUT2D eigenvalue weighted by Gasteiger charge is 2.24. The maximum atomic E-state index is 12.3. The van der Waals surface area contributed by atoms with Gasteiger partial charge < -0.3 is 14.6 Å². The standard InChI is InChI=1S/C14H17N5O4S/c15-24(21,22)11-4-2-1-3-10(11)9-12-17-18-13(23-12)14(20)19-7-5-16-6-8-19/h1-4,16H,5-9H2,(H2,15,21,22). The SMILES string of the molecule is NS(=O)(=O)c1ccccc1Cc1nnc(C(=O)N2CCNCC2)o1. The number of nitrogens with one attached hydrogen (secondary N) is 1. The van der Waals surface area contributed by atoms with Gasteiger partial charge in [0.2, 0.25) is 15.9 Å². The highest BCUT2D eigenvalue weighted by molar-refractivity contribution is 7.89. The van der Waals surface area contributed by atoms with Crippen LogP contribution in [0.5, 0.6) is 0 Å². The topological polar surface area (TPSA) is 131 Å². The molecule has 2 aromatic rings. The normalized spacial score (nSPS) is 15.5. The Morgan fingerprint density at radius 2 is 1.96 bits per heavy atom. The van der Waals surface area contributed by atoms with Crippen LogP contribution in [0.4, 0.5) is 0 Å². The zero-order valence-electron chi connectivity index (χ0n) is 12.8. The number of piperazine rings is 1. The maximum Gasteiger partial charge on any atom is 0.311 e. The molecule has 1 amide bonds. The van der Waals surface area contributed by atoms with E-state index in [1.807, 2.05) is 0 Å². The second kappa shape index (κ2) is 6.67. The minimum Gasteiger partial charge on any atom is -0.417 e. The first-order valence-electron chi connectivity index (χ1n) is 7.38. The summed E-state index contributed by atoms with van der Waals surface area (Å²) in [6.07, 6.45) is 0.0778. The second-order valence-electron chi connectivity index (χ2n) is 5.37. The van der Waals surface area contributed by atoms with Gasteiger partial charge >= 0.3 is 11.8 Å². The van der Waals surface area contributed by atoms with E-state index in [-0.39, 0.29) is 29.0 Å². The van der Waals surface area contributed by atoms with Crippen molar-refractivity contribution in [1.82, 2.24) is 20.4 Å². The van der Waals surface area contributed by atoms with E-state index in [4.69, 9.17) is 9.56 Å². The smallest absolute Gasteiger partial charge is 0.311 e. The zero-order valence-corrected chi connectivity index (χ0v) is 13.6. The van der Waals surface area contributed by atoms with Crippen molar-refractivity contribution in [3.8, 4) is 0 Å². The first-order valence-corrected chi connectivity index (χ1v) is 8.93. The predicted octanol–water partition coefficient (Wildman–Crippen LogP) is -0.647. The van der Waals surface area contributed by atoms with Crippen LogP contribution in [0, 0.1) is 0 Å². The summed E-state index contributed by atoms with van der Waals surface area (Å²) in [6.45, 7) is 2.58. The summed E-state index contributed by atoms with van der Waals surface area (Å²) in [6, 6.07) is 6.29. The predicted molar refractivity (Wildman–Crippen MR) is 83.7 cm³/mol. The van der Waals surface area contributed by atoms with Gasteiger partial charge in [0.05, 0.1) is 11.3 Å². The molecule has 0 aliphatic carbocycles. The fourth-order valence-electron chi connectivity index (χ4n) is 2.51. The Kier molecular flexibility index (Phi) is 4.60. The van der Waals surface area contributed by atoms with Gasteiger partial charge in [0.15, 0.2) is 0 Å². The molecule has 24 heavy (non-hydrogen) atoms. The summed E-state index contributed by atoms with van der Waals surface area (Å²) in [7, 11) is -3.85. The average molecular weight is 351 g/mol. The molecule has 1 aliphatic heterocycles. The Labute approximate surface area is 138 Å². The number of aromatic nitrogens is 2. The number of amides is 1. The molecule has 1 fully saturated rings. The van der Waals surface area contributed by atoms with Crippen molar-refractivity contribution >= 4 is 15.9 Å². The molecule has 1 aromatic heterocycles. The zero-order chi connectivity index (χ0) is 17.2. The molecule has 10 heteroatoms. The number of carbonyl (C=O) groups excluding carboxylic acids is 1. The van der Waals surface area contributed by atoms with Crippen LogP contribution >= 0.6 is 0 Å². The van der Waals surface area contributed by atoms with Crippen molar-refractivity contribution in [2.75, 3.05) is 26.2 Å². The van der Waals surface area contributed by atoms with Crippen LogP contribution in [0.15, 0.2) is 33.6 Å². The molecule has 3 rings (SSSR count). The number of nitrogens with zero attached hydrogens (tertiary/aromatic N) is 3. The van der Waals surface area contributed by atoms with Gasteiger partial charge in [-0.25, -0.2) is 13.6 Å². The summed E-state index contributed by atoms with van der Waals surface area (Å²) in [5.41, 5.74) is 0.435. The molecule has 128 valence electrons. The Morgan fingerprint density at radius 1 is 1.25 bits per heavy atom. The van der Waals surface area contributed by atoms with Gasteiger partial charge in [0.25, 0.3) is 0 Å². The molecule has 1 aromatic carbocycles. The minimum atomic E-state index is -3.85. The number of carbonyl (C=O) groups is 1. The van der Waals surface area contributed by atoms with Crippen LogP contribution < -0.4 is 10.5 Å². The average Bonchev–Trinajstić information content (AvgIpc) is 3.03. The Balaban J connectivity index is 1.79. The summed E-state index contributed by atoms with van der Waals surface area (Å²) < 4.78 is 28.6. The van der Waals surface area contributed by atoms with Crippen molar-refractivity contribution in [3.63, 3.8) is 0 Å². The van der Waals surface area contributed by atoms with Gasteiger partial charge in [-0.15, -0.1) is 10.2 Å². The minimum absolute atomic E-state index is 0.00168. The van der Waals surface area contributed by atoms with Crippen molar-refractivity contribution in [3.05, 3.63) is 41.6 Å². The lowest BCUT2D eigenvalue weighted by Gasteiger charge is -2.25. The van der Waals surface area contributed by atoms with E-state index in [9.17, 15) is 13.2 Å². The van der Waals surface area contributed by atoms with Crippen LogP contribution in [-0.4, -0.2) is 55.6 Å². The van der Waals surface area contributed by atoms with E-state index in [1.54, 1.807) is 23.1 Å². The molecule has 0 atom stereocenters. The summed E-state index contributed by atoms with van der Waals surface area (Å²) in [5, 5.41) is 16.0. The fourth-order valence-corrected chi connectivity index (χ4v) is 3.28. The molecule has 3 N–H and O–H groups in total. The first-order chi connectivity index (χ1) is 11.4. The molecule has 1 aliphatic rings. The summed E-state index contributed by atoms with van der Waals surface area (Å²) >= 11 is 0. The van der Waals surface area contributed by atoms with Gasteiger partial charge in [-0.2, -0.15) is 0 Å². The molecule has 0 bridgehead atoms. The number of hydrogen-bond donors (Lipinski definition) is 2. The number of primary sulfonamides is 1. The third-order valence-electron chi connectivity index (χ3n) is 3.67. The number of sulfonamides is 1. The molecular formula is C14H17N5O4S. The lowest BCUT2D eigenvalue weighted by atomic mass is 10.1. The number of benzene rings is 1. The van der Waals surface area contributed by atoms with E-state index in [0.717, 1.165) is 0 Å². The largest absolute Gasteiger partial charge is 0.417 e. The fraction of sp³-hybridized carbons (Fsp3) is 0.357. The third-order valence-corrected chi connectivity index (χ3v) is 4.69. The third kappa shape index (κ3) is 3.61. The molecule has 0 unspecified atom stereocenters. The van der Waals surface area contributed by atoms with Crippen molar-refractivity contribution in [1.29, 1.82) is 0 Å². The molecular weight excluding hydrogens is 334 g/mol. The van der Waals surface area contributed by atoms with Crippen molar-refractivity contribution < 1.29 is 17.6 Å². The van der Waals surface area contributed by atoms with Crippen LogP contribution in [0.3, 0.4) is 0 Å². The monoisotopic (exact) mass is 351 g/mol. The van der Waals surface area contributed by atoms with Crippen LogP contribution in [0.2, 0.25) is 0 Å². The first kappa shape index (κ1) is 16.6. The lowest BCUT2D eigenvalue weighted by Crippen LogP contribution is -2.46. The van der Waals surface area contributed by atoms with Crippen LogP contribution in [-0.2, 0) is 16.4 Å². The van der Waals surface area contributed by atoms with Gasteiger partial charge in [-0.3, -0.25) is 4.79 Å². The van der Waals surface area contributed by atoms with Gasteiger partial charge in [-0.1, -0.05) is 18.2 Å². The highest BCUT2D eigenvalue weighted by atomic mass is 32.2. The maximum absolute atomic E-state index is 12.3. The van der Waals surface area contributed by atoms with Crippen LogP contribution in [0.1, 0.15) is 22.1 Å². The van der Waals surface area contributed by atoms with E-state index in [2.05, 4.69) is 15.5 Å². The van der Waals surface area contributed by atoms with Gasteiger partial charge in [0.1, 0.15) is 0 Å². The van der Waals surface area contributed by atoms with Crippen LogP contribution in [0.25, 0.3) is 0 Å². The van der Waals surface area contributed by atoms with E-state index < -0.39 is 10.0 Å². The Bertz CT molecular complexity index is 842. The second-order valence-corrected chi connectivity index (χ2v) is 6.90. The van der Waals surface area contributed by atoms with Crippen molar-refractivity contribution in [2.24, 2.45) is 5.14 Å². The van der Waals surface area contributed by atoms with E-state index >= 15 is 0 Å².